The second-order valence-electron chi connectivity index (χ2n) is 7.55. The first-order valence-corrected chi connectivity index (χ1v) is 9.26. The van der Waals surface area contributed by atoms with Crippen LogP contribution in [0.15, 0.2) is 0 Å². The van der Waals surface area contributed by atoms with Gasteiger partial charge in [0.1, 0.15) is 0 Å². The lowest BCUT2D eigenvalue weighted by atomic mass is 9.78. The van der Waals surface area contributed by atoms with E-state index in [0.29, 0.717) is 18.5 Å². The Labute approximate surface area is 136 Å². The molecule has 4 heteroatoms. The minimum atomic E-state index is 0.236. The highest BCUT2D eigenvalue weighted by atomic mass is 16.2. The average molecular weight is 309 g/mol. The van der Waals surface area contributed by atoms with Gasteiger partial charge >= 0.3 is 0 Å². The number of nitrogens with zero attached hydrogens (tertiary/aromatic N) is 1. The molecule has 4 nitrogen and oxygen atoms in total. The molecule has 2 aliphatic rings. The van der Waals surface area contributed by atoms with Gasteiger partial charge in [-0.1, -0.05) is 26.7 Å². The highest BCUT2D eigenvalue weighted by molar-refractivity contribution is 5.78. The third-order valence-corrected chi connectivity index (χ3v) is 5.93. The van der Waals surface area contributed by atoms with E-state index in [4.69, 9.17) is 0 Å². The minimum absolute atomic E-state index is 0.236. The van der Waals surface area contributed by atoms with Crippen molar-refractivity contribution in [2.24, 2.45) is 17.8 Å². The van der Waals surface area contributed by atoms with Gasteiger partial charge in [-0.15, -0.1) is 0 Å². The van der Waals surface area contributed by atoms with E-state index in [0.717, 1.165) is 37.9 Å². The molecule has 0 aromatic heterocycles. The Morgan fingerprint density at radius 2 is 1.86 bits per heavy atom. The summed E-state index contributed by atoms with van der Waals surface area (Å²) in [7, 11) is 2.02. The summed E-state index contributed by atoms with van der Waals surface area (Å²) in [6, 6.07) is 0.393. The fourth-order valence-electron chi connectivity index (χ4n) is 4.02. The summed E-state index contributed by atoms with van der Waals surface area (Å²) in [5.41, 5.74) is 0. The topological polar surface area (TPSA) is 44.4 Å². The molecule has 0 radical (unpaired) electrons. The fraction of sp³-hybridized carbons (Fsp3) is 0.944. The van der Waals surface area contributed by atoms with E-state index in [1.807, 2.05) is 7.05 Å². The molecule has 1 aliphatic carbocycles. The first kappa shape index (κ1) is 17.7. The van der Waals surface area contributed by atoms with E-state index in [9.17, 15) is 4.79 Å². The van der Waals surface area contributed by atoms with Gasteiger partial charge in [0.2, 0.25) is 5.91 Å². The van der Waals surface area contributed by atoms with Gasteiger partial charge in [0.25, 0.3) is 0 Å². The van der Waals surface area contributed by atoms with Crippen LogP contribution in [0.5, 0.6) is 0 Å². The van der Waals surface area contributed by atoms with Crippen LogP contribution < -0.4 is 10.6 Å². The van der Waals surface area contributed by atoms with Crippen molar-refractivity contribution < 1.29 is 4.79 Å². The maximum absolute atomic E-state index is 12.3. The van der Waals surface area contributed by atoms with Crippen LogP contribution in [0.1, 0.15) is 52.4 Å². The number of carbonyl (C=O) groups excluding carboxylic acids is 1. The lowest BCUT2D eigenvalue weighted by molar-refractivity contribution is -0.124. The van der Waals surface area contributed by atoms with Gasteiger partial charge in [-0.3, -0.25) is 9.69 Å². The number of hydrogen-bond donors (Lipinski definition) is 2. The Kier molecular flexibility index (Phi) is 7.16. The zero-order valence-corrected chi connectivity index (χ0v) is 14.7. The molecule has 2 rings (SSSR count). The summed E-state index contributed by atoms with van der Waals surface area (Å²) < 4.78 is 0. The summed E-state index contributed by atoms with van der Waals surface area (Å²) in [5.74, 6) is 2.43. The summed E-state index contributed by atoms with van der Waals surface area (Å²) >= 11 is 0. The standard InChI is InChI=1S/C18H35N3O/c1-14-5-4-6-17(15(14)2)20-18(22)13-21-11-8-16(9-12-21)7-10-19-3/h14-17,19H,4-13H2,1-3H3,(H,20,22). The van der Waals surface area contributed by atoms with E-state index in [1.165, 1.54) is 32.1 Å². The molecule has 22 heavy (non-hydrogen) atoms. The Balaban J connectivity index is 1.67. The molecule has 3 unspecified atom stereocenters. The molecule has 0 aromatic carbocycles. The van der Waals surface area contributed by atoms with Crippen molar-refractivity contribution in [3.05, 3.63) is 0 Å². The molecule has 1 aliphatic heterocycles. The Hall–Kier alpha value is -0.610. The number of piperidine rings is 1. The molecule has 1 heterocycles. The number of rotatable bonds is 6. The normalized spacial score (nSPS) is 31.1. The average Bonchev–Trinajstić information content (AvgIpc) is 2.51. The van der Waals surface area contributed by atoms with Crippen molar-refractivity contribution in [1.29, 1.82) is 0 Å². The first-order chi connectivity index (χ1) is 10.6. The highest BCUT2D eigenvalue weighted by Crippen LogP contribution is 2.29. The van der Waals surface area contributed by atoms with Gasteiger partial charge in [0.15, 0.2) is 0 Å². The van der Waals surface area contributed by atoms with Crippen LogP contribution in [0.2, 0.25) is 0 Å². The minimum Gasteiger partial charge on any atom is -0.352 e. The monoisotopic (exact) mass is 309 g/mol. The zero-order chi connectivity index (χ0) is 15.9. The van der Waals surface area contributed by atoms with Gasteiger partial charge in [-0.05, 0) is 70.1 Å². The maximum Gasteiger partial charge on any atom is 0.234 e. The second kappa shape index (κ2) is 8.88. The molecule has 2 N–H and O–H groups in total. The Morgan fingerprint density at radius 3 is 2.55 bits per heavy atom. The van der Waals surface area contributed by atoms with Crippen LogP contribution >= 0.6 is 0 Å². The van der Waals surface area contributed by atoms with Gasteiger partial charge in [-0.25, -0.2) is 0 Å². The van der Waals surface area contributed by atoms with Crippen molar-refractivity contribution in [3.63, 3.8) is 0 Å². The van der Waals surface area contributed by atoms with Crippen LogP contribution in [-0.2, 0) is 4.79 Å². The van der Waals surface area contributed by atoms with E-state index in [2.05, 4.69) is 29.4 Å². The van der Waals surface area contributed by atoms with Crippen molar-refractivity contribution in [3.8, 4) is 0 Å². The molecule has 3 atom stereocenters. The molecule has 1 saturated carbocycles. The van der Waals surface area contributed by atoms with Gasteiger partial charge in [0, 0.05) is 6.04 Å². The highest BCUT2D eigenvalue weighted by Gasteiger charge is 2.29. The molecule has 0 spiro atoms. The molecule has 0 bridgehead atoms. The van der Waals surface area contributed by atoms with Crippen LogP contribution in [0.3, 0.4) is 0 Å². The molecule has 1 amide bonds. The van der Waals surface area contributed by atoms with E-state index < -0.39 is 0 Å². The SMILES string of the molecule is CNCCC1CCN(CC(=O)NC2CCCC(C)C2C)CC1. The number of nitrogens with one attached hydrogen (secondary N) is 2. The lowest BCUT2D eigenvalue weighted by Crippen LogP contribution is -2.48. The number of likely N-dealkylation sites (tertiary alicyclic amines) is 1. The van der Waals surface area contributed by atoms with Crippen LogP contribution in [0.25, 0.3) is 0 Å². The largest absolute Gasteiger partial charge is 0.352 e. The third kappa shape index (κ3) is 5.24. The number of hydrogen-bond acceptors (Lipinski definition) is 3. The number of carbonyl (C=O) groups is 1. The van der Waals surface area contributed by atoms with E-state index >= 15 is 0 Å². The van der Waals surface area contributed by atoms with Crippen molar-refractivity contribution >= 4 is 5.91 Å². The fourth-order valence-corrected chi connectivity index (χ4v) is 4.02. The van der Waals surface area contributed by atoms with Crippen molar-refractivity contribution in [2.45, 2.75) is 58.4 Å². The summed E-state index contributed by atoms with van der Waals surface area (Å²) in [6.07, 6.45) is 7.48. The van der Waals surface area contributed by atoms with Crippen LogP contribution in [0, 0.1) is 17.8 Å². The quantitative estimate of drug-likeness (QED) is 0.791. The molecule has 2 fully saturated rings. The third-order valence-electron chi connectivity index (χ3n) is 5.93. The summed E-state index contributed by atoms with van der Waals surface area (Å²) in [4.78, 5) is 14.7. The summed E-state index contributed by atoms with van der Waals surface area (Å²) in [5, 5.41) is 6.54. The predicted octanol–water partition coefficient (Wildman–Crippen LogP) is 2.25. The van der Waals surface area contributed by atoms with Gasteiger partial charge in [0.05, 0.1) is 6.54 Å². The molecule has 128 valence electrons. The molecule has 1 saturated heterocycles. The van der Waals surface area contributed by atoms with Gasteiger partial charge < -0.3 is 10.6 Å². The summed E-state index contributed by atoms with van der Waals surface area (Å²) in [6.45, 7) is 8.48. The van der Waals surface area contributed by atoms with E-state index in [-0.39, 0.29) is 5.91 Å². The van der Waals surface area contributed by atoms with Gasteiger partial charge in [-0.2, -0.15) is 0 Å². The molecular formula is C18H35N3O. The first-order valence-electron chi connectivity index (χ1n) is 9.26. The second-order valence-corrected chi connectivity index (χ2v) is 7.55. The molecule has 0 aromatic rings. The Morgan fingerprint density at radius 1 is 1.14 bits per heavy atom. The van der Waals surface area contributed by atoms with Crippen LogP contribution in [-0.4, -0.2) is 50.1 Å². The van der Waals surface area contributed by atoms with Crippen molar-refractivity contribution in [2.75, 3.05) is 33.2 Å². The lowest BCUT2D eigenvalue weighted by Gasteiger charge is -2.36. The van der Waals surface area contributed by atoms with Crippen molar-refractivity contribution in [1.82, 2.24) is 15.5 Å². The number of amides is 1. The Bertz CT molecular complexity index is 339. The molecular weight excluding hydrogens is 274 g/mol. The van der Waals surface area contributed by atoms with Crippen LogP contribution in [0.4, 0.5) is 0 Å². The smallest absolute Gasteiger partial charge is 0.234 e. The zero-order valence-electron chi connectivity index (χ0n) is 14.7. The van der Waals surface area contributed by atoms with E-state index in [1.54, 1.807) is 0 Å². The predicted molar refractivity (Wildman–Crippen MR) is 91.8 cm³/mol. The maximum atomic E-state index is 12.3.